The summed E-state index contributed by atoms with van der Waals surface area (Å²) in [7, 11) is 4.25. The molecule has 1 atom stereocenters. The Kier molecular flexibility index (Phi) is 7.15. The smallest absolute Gasteiger partial charge is 0.316 e. The van der Waals surface area contributed by atoms with Gasteiger partial charge < -0.3 is 23.8 Å². The van der Waals surface area contributed by atoms with E-state index in [4.69, 9.17) is 14.0 Å². The van der Waals surface area contributed by atoms with E-state index in [0.29, 0.717) is 11.5 Å². The van der Waals surface area contributed by atoms with Gasteiger partial charge in [-0.3, -0.25) is 9.36 Å². The van der Waals surface area contributed by atoms with Gasteiger partial charge in [0.15, 0.2) is 0 Å². The molecule has 1 unspecified atom stereocenters. The molecule has 0 fully saturated rings. The van der Waals surface area contributed by atoms with Crippen molar-refractivity contribution in [2.24, 2.45) is 0 Å². The SMILES string of the molecule is CCOP(=O)(CC(=O)OC(C)(C)C)C1c2ccc(N(C)C)cc2Oc2cc(N(C)C)ccc21. The second kappa shape index (κ2) is 9.40. The Balaban J connectivity index is 2.17. The molecule has 2 aromatic rings. The third kappa shape index (κ3) is 5.53. The number of anilines is 2. The molecule has 0 saturated carbocycles. The van der Waals surface area contributed by atoms with Crippen molar-refractivity contribution in [2.45, 2.75) is 39.0 Å². The lowest BCUT2D eigenvalue weighted by Crippen LogP contribution is -2.27. The van der Waals surface area contributed by atoms with Crippen LogP contribution in [0.5, 0.6) is 11.5 Å². The first-order valence-corrected chi connectivity index (χ1v) is 13.0. The lowest BCUT2D eigenvalue weighted by atomic mass is 9.98. The van der Waals surface area contributed by atoms with E-state index >= 15 is 0 Å². The maximum Gasteiger partial charge on any atom is 0.316 e. The molecule has 0 radical (unpaired) electrons. The molecule has 0 aromatic heterocycles. The van der Waals surface area contributed by atoms with E-state index in [9.17, 15) is 9.36 Å². The van der Waals surface area contributed by atoms with Gasteiger partial charge in [-0.25, -0.2) is 0 Å². The summed E-state index contributed by atoms with van der Waals surface area (Å²) in [5.41, 5.74) is 2.07. The molecule has 180 valence electrons. The normalized spacial score (nSPS) is 15.0. The number of ether oxygens (including phenoxy) is 2. The molecule has 1 heterocycles. The summed E-state index contributed by atoms with van der Waals surface area (Å²) in [6.45, 7) is 7.38. The van der Waals surface area contributed by atoms with Crippen molar-refractivity contribution in [1.82, 2.24) is 0 Å². The molecule has 2 aromatic carbocycles. The second-order valence-electron chi connectivity index (χ2n) is 9.63. The Bertz CT molecular complexity index is 1020. The van der Waals surface area contributed by atoms with E-state index < -0.39 is 24.6 Å². The number of esters is 1. The summed E-state index contributed by atoms with van der Waals surface area (Å²) >= 11 is 0. The fourth-order valence-electron chi connectivity index (χ4n) is 3.92. The van der Waals surface area contributed by atoms with E-state index in [1.165, 1.54) is 0 Å². The molecular formula is C25H35N2O5P. The van der Waals surface area contributed by atoms with E-state index in [0.717, 1.165) is 22.5 Å². The minimum absolute atomic E-state index is 0.216. The van der Waals surface area contributed by atoms with Crippen LogP contribution in [0.25, 0.3) is 0 Å². The van der Waals surface area contributed by atoms with Crippen LogP contribution in [0.3, 0.4) is 0 Å². The van der Waals surface area contributed by atoms with Crippen molar-refractivity contribution >= 4 is 24.7 Å². The minimum Gasteiger partial charge on any atom is -0.460 e. The van der Waals surface area contributed by atoms with Gasteiger partial charge in [0.05, 0.1) is 12.3 Å². The standard InChI is InChI=1S/C25H35N2O5P/c1-9-30-33(29,16-23(28)32-25(2,3)4)24-19-12-10-17(26(5)6)14-21(19)31-22-15-18(27(7)8)11-13-20(22)24/h10-15,24H,9,16H2,1-8H3. The molecule has 8 heteroatoms. The highest BCUT2D eigenvalue weighted by Crippen LogP contribution is 2.67. The van der Waals surface area contributed by atoms with Crippen molar-refractivity contribution in [1.29, 1.82) is 0 Å². The van der Waals surface area contributed by atoms with E-state index in [-0.39, 0.29) is 12.8 Å². The van der Waals surface area contributed by atoms with Gasteiger partial charge in [-0.05, 0) is 39.8 Å². The number of rotatable bonds is 7. The molecule has 0 saturated heterocycles. The first-order valence-electron chi connectivity index (χ1n) is 11.1. The Labute approximate surface area is 197 Å². The third-order valence-corrected chi connectivity index (χ3v) is 8.08. The fourth-order valence-corrected chi connectivity index (χ4v) is 6.48. The van der Waals surface area contributed by atoms with Gasteiger partial charge in [0.25, 0.3) is 0 Å². The van der Waals surface area contributed by atoms with Crippen molar-refractivity contribution in [3.63, 3.8) is 0 Å². The third-order valence-electron chi connectivity index (χ3n) is 5.35. The Morgan fingerprint density at radius 2 is 1.45 bits per heavy atom. The Morgan fingerprint density at radius 1 is 0.970 bits per heavy atom. The maximum absolute atomic E-state index is 14.4. The van der Waals surface area contributed by atoms with Crippen LogP contribution < -0.4 is 14.5 Å². The highest BCUT2D eigenvalue weighted by molar-refractivity contribution is 7.60. The zero-order chi connectivity index (χ0) is 24.6. The molecule has 1 aliphatic rings. The van der Waals surface area contributed by atoms with Crippen LogP contribution in [0, 0.1) is 0 Å². The monoisotopic (exact) mass is 474 g/mol. The van der Waals surface area contributed by atoms with E-state index in [1.54, 1.807) is 27.7 Å². The van der Waals surface area contributed by atoms with E-state index in [1.807, 2.05) is 74.4 Å². The summed E-state index contributed by atoms with van der Waals surface area (Å²) in [6, 6.07) is 11.6. The molecule has 33 heavy (non-hydrogen) atoms. The van der Waals surface area contributed by atoms with Gasteiger partial charge in [0.1, 0.15) is 23.3 Å². The average molecular weight is 475 g/mol. The van der Waals surface area contributed by atoms with Crippen molar-refractivity contribution in [3.05, 3.63) is 47.5 Å². The van der Waals surface area contributed by atoms with E-state index in [2.05, 4.69) is 0 Å². The zero-order valence-electron chi connectivity index (χ0n) is 20.8. The minimum atomic E-state index is -3.56. The highest BCUT2D eigenvalue weighted by atomic mass is 31.2. The van der Waals surface area contributed by atoms with Gasteiger partial charge in [0, 0.05) is 62.8 Å². The molecule has 1 aliphatic heterocycles. The molecular weight excluding hydrogens is 439 g/mol. The molecule has 7 nitrogen and oxygen atoms in total. The van der Waals surface area contributed by atoms with Crippen LogP contribution in [-0.4, -0.2) is 52.5 Å². The van der Waals surface area contributed by atoms with Crippen molar-refractivity contribution in [2.75, 3.05) is 50.8 Å². The second-order valence-corrected chi connectivity index (χ2v) is 12.2. The molecule has 0 N–H and O–H groups in total. The summed E-state index contributed by atoms with van der Waals surface area (Å²) in [5, 5.41) is 0. The molecule has 0 amide bonds. The van der Waals surface area contributed by atoms with Crippen LogP contribution in [0.2, 0.25) is 0 Å². The number of carbonyl (C=O) groups is 1. The topological polar surface area (TPSA) is 68.3 Å². The summed E-state index contributed by atoms with van der Waals surface area (Å²) in [4.78, 5) is 16.7. The molecule has 3 rings (SSSR count). The largest absolute Gasteiger partial charge is 0.460 e. The first-order chi connectivity index (χ1) is 15.3. The lowest BCUT2D eigenvalue weighted by Gasteiger charge is -2.34. The van der Waals surface area contributed by atoms with Gasteiger partial charge >= 0.3 is 5.97 Å². The first kappa shape index (κ1) is 25.1. The maximum atomic E-state index is 14.4. The van der Waals surface area contributed by atoms with Crippen molar-refractivity contribution < 1.29 is 23.4 Å². The lowest BCUT2D eigenvalue weighted by molar-refractivity contribution is -0.151. The van der Waals surface area contributed by atoms with Crippen molar-refractivity contribution in [3.8, 4) is 11.5 Å². The molecule has 0 spiro atoms. The van der Waals surface area contributed by atoms with Gasteiger partial charge in [0.2, 0.25) is 7.37 Å². The number of carbonyl (C=O) groups excluding carboxylic acids is 1. The fraction of sp³-hybridized carbons (Fsp3) is 0.480. The number of fused-ring (bicyclic) bond motifs is 2. The number of hydrogen-bond donors (Lipinski definition) is 0. The highest BCUT2D eigenvalue weighted by Gasteiger charge is 2.44. The number of hydrogen-bond acceptors (Lipinski definition) is 7. The summed E-state index contributed by atoms with van der Waals surface area (Å²) < 4.78 is 32.1. The van der Waals surface area contributed by atoms with Crippen LogP contribution >= 0.6 is 7.37 Å². The van der Waals surface area contributed by atoms with Gasteiger partial charge in [-0.2, -0.15) is 0 Å². The molecule has 0 aliphatic carbocycles. The average Bonchev–Trinajstić information content (AvgIpc) is 2.69. The van der Waals surface area contributed by atoms with Crippen LogP contribution in [0.15, 0.2) is 36.4 Å². The predicted molar refractivity (Wildman–Crippen MR) is 133 cm³/mol. The van der Waals surface area contributed by atoms with Gasteiger partial charge in [-0.1, -0.05) is 12.1 Å². The van der Waals surface area contributed by atoms with Crippen LogP contribution in [-0.2, 0) is 18.6 Å². The summed E-state index contributed by atoms with van der Waals surface area (Å²) in [5.74, 6) is 0.682. The number of nitrogens with zero attached hydrogens (tertiary/aromatic N) is 2. The zero-order valence-corrected chi connectivity index (χ0v) is 21.7. The quantitative estimate of drug-likeness (QED) is 0.378. The van der Waals surface area contributed by atoms with Gasteiger partial charge in [-0.15, -0.1) is 0 Å². The predicted octanol–water partition coefficient (Wildman–Crippen LogP) is 5.67. The van der Waals surface area contributed by atoms with Crippen LogP contribution in [0.4, 0.5) is 11.4 Å². The Hall–Kier alpha value is -2.50. The Morgan fingerprint density at radius 3 is 1.85 bits per heavy atom. The molecule has 0 bridgehead atoms. The number of benzene rings is 2. The summed E-state index contributed by atoms with van der Waals surface area (Å²) in [6.07, 6.45) is -0.313. The van der Waals surface area contributed by atoms with Crippen LogP contribution in [0.1, 0.15) is 44.5 Å².